The lowest BCUT2D eigenvalue weighted by atomic mass is 10.1. The smallest absolute Gasteiger partial charge is 0.226 e. The van der Waals surface area contributed by atoms with Gasteiger partial charge in [-0.05, 0) is 25.5 Å². The molecule has 0 saturated heterocycles. The molecular formula is C20H26IN5OS. The zero-order valence-electron chi connectivity index (χ0n) is 16.4. The predicted molar refractivity (Wildman–Crippen MR) is 125 cm³/mol. The molecule has 2 heterocycles. The molecule has 0 aliphatic carbocycles. The van der Waals surface area contributed by atoms with Crippen LogP contribution in [0.3, 0.4) is 0 Å². The number of thiazole rings is 1. The van der Waals surface area contributed by atoms with Gasteiger partial charge in [0.2, 0.25) is 5.89 Å². The number of nitrogens with zero attached hydrogens (tertiary/aromatic N) is 3. The van der Waals surface area contributed by atoms with Crippen LogP contribution < -0.4 is 10.6 Å². The number of aromatic nitrogens is 2. The maximum atomic E-state index is 5.59. The number of oxazole rings is 1. The first-order valence-corrected chi connectivity index (χ1v) is 9.95. The van der Waals surface area contributed by atoms with E-state index in [-0.39, 0.29) is 24.0 Å². The van der Waals surface area contributed by atoms with E-state index in [0.29, 0.717) is 12.4 Å². The van der Waals surface area contributed by atoms with Crippen LogP contribution in [0.4, 0.5) is 0 Å². The molecule has 150 valence electrons. The summed E-state index contributed by atoms with van der Waals surface area (Å²) in [4.78, 5) is 13.4. The Morgan fingerprint density at radius 1 is 1.14 bits per heavy atom. The van der Waals surface area contributed by atoms with E-state index in [1.165, 1.54) is 10.6 Å². The Labute approximate surface area is 186 Å². The van der Waals surface area contributed by atoms with Crippen LogP contribution in [0.15, 0.2) is 45.3 Å². The minimum absolute atomic E-state index is 0. The van der Waals surface area contributed by atoms with Gasteiger partial charge in [-0.1, -0.05) is 24.6 Å². The van der Waals surface area contributed by atoms with Crippen LogP contribution in [-0.4, -0.2) is 29.5 Å². The van der Waals surface area contributed by atoms with E-state index in [1.54, 1.807) is 24.6 Å². The molecule has 3 aromatic rings. The summed E-state index contributed by atoms with van der Waals surface area (Å²) in [6.07, 6.45) is 3.54. The summed E-state index contributed by atoms with van der Waals surface area (Å²) in [6.45, 7) is 5.51. The molecular weight excluding hydrogens is 485 g/mol. The van der Waals surface area contributed by atoms with Crippen molar-refractivity contribution in [2.45, 2.75) is 33.2 Å². The zero-order valence-corrected chi connectivity index (χ0v) is 19.5. The van der Waals surface area contributed by atoms with Crippen molar-refractivity contribution >= 4 is 41.3 Å². The SMILES string of the molecule is CCc1nc(CCNC(=NC)NCc2coc(-c3ccc(C)cc3)n2)cs1.I. The minimum atomic E-state index is 0. The number of benzene rings is 1. The lowest BCUT2D eigenvalue weighted by Gasteiger charge is -2.10. The van der Waals surface area contributed by atoms with Gasteiger partial charge in [0.05, 0.1) is 22.9 Å². The number of nitrogens with one attached hydrogen (secondary N) is 2. The molecule has 0 saturated carbocycles. The van der Waals surface area contributed by atoms with Crippen molar-refractivity contribution in [2.75, 3.05) is 13.6 Å². The van der Waals surface area contributed by atoms with E-state index in [4.69, 9.17) is 4.42 Å². The van der Waals surface area contributed by atoms with Gasteiger partial charge >= 0.3 is 0 Å². The lowest BCUT2D eigenvalue weighted by molar-refractivity contribution is 0.572. The normalized spacial score (nSPS) is 11.2. The molecule has 0 fully saturated rings. The average molecular weight is 511 g/mol. The topological polar surface area (TPSA) is 75.3 Å². The van der Waals surface area contributed by atoms with Crippen molar-refractivity contribution in [3.05, 3.63) is 57.9 Å². The van der Waals surface area contributed by atoms with Crippen LogP contribution in [0, 0.1) is 6.92 Å². The van der Waals surface area contributed by atoms with Crippen molar-refractivity contribution in [3.63, 3.8) is 0 Å². The Morgan fingerprint density at radius 2 is 1.93 bits per heavy atom. The van der Waals surface area contributed by atoms with Crippen LogP contribution in [-0.2, 0) is 19.4 Å². The number of rotatable bonds is 7. The van der Waals surface area contributed by atoms with Crippen LogP contribution in [0.2, 0.25) is 0 Å². The Balaban J connectivity index is 0.00000280. The van der Waals surface area contributed by atoms with Gasteiger partial charge in [0.15, 0.2) is 5.96 Å². The van der Waals surface area contributed by atoms with Crippen molar-refractivity contribution in [1.82, 2.24) is 20.6 Å². The van der Waals surface area contributed by atoms with E-state index in [0.717, 1.165) is 42.3 Å². The predicted octanol–water partition coefficient (Wildman–Crippen LogP) is 4.19. The largest absolute Gasteiger partial charge is 0.444 e. The molecule has 0 spiro atoms. The van der Waals surface area contributed by atoms with Crippen molar-refractivity contribution in [3.8, 4) is 11.5 Å². The molecule has 1 aromatic carbocycles. The Bertz CT molecular complexity index is 888. The monoisotopic (exact) mass is 511 g/mol. The molecule has 0 unspecified atom stereocenters. The summed E-state index contributed by atoms with van der Waals surface area (Å²) in [5, 5.41) is 9.87. The van der Waals surface area contributed by atoms with E-state index >= 15 is 0 Å². The van der Waals surface area contributed by atoms with Crippen molar-refractivity contribution < 1.29 is 4.42 Å². The summed E-state index contributed by atoms with van der Waals surface area (Å²) in [5.74, 6) is 1.37. The Hall–Kier alpha value is -1.94. The van der Waals surface area contributed by atoms with Gasteiger partial charge in [0, 0.05) is 31.0 Å². The first-order valence-electron chi connectivity index (χ1n) is 9.07. The van der Waals surface area contributed by atoms with Gasteiger partial charge in [-0.3, -0.25) is 4.99 Å². The van der Waals surface area contributed by atoms with Crippen LogP contribution in [0.1, 0.15) is 28.9 Å². The van der Waals surface area contributed by atoms with Crippen LogP contribution >= 0.6 is 35.3 Å². The van der Waals surface area contributed by atoms with E-state index in [1.807, 2.05) is 12.1 Å². The maximum Gasteiger partial charge on any atom is 0.226 e. The fourth-order valence-electron chi connectivity index (χ4n) is 2.55. The molecule has 28 heavy (non-hydrogen) atoms. The minimum Gasteiger partial charge on any atom is -0.444 e. The second-order valence-electron chi connectivity index (χ2n) is 6.20. The van der Waals surface area contributed by atoms with E-state index in [2.05, 4.69) is 57.0 Å². The standard InChI is InChI=1S/C20H25N5OS.HI/c1-4-18-24-16(13-27-18)9-10-22-20(21-3)23-11-17-12-26-19(25-17)15-7-5-14(2)6-8-15;/h5-8,12-13H,4,9-11H2,1-3H3,(H2,21,22,23);1H. The molecule has 3 rings (SSSR count). The van der Waals surface area contributed by atoms with Gasteiger partial charge in [-0.25, -0.2) is 9.97 Å². The van der Waals surface area contributed by atoms with Gasteiger partial charge in [-0.15, -0.1) is 35.3 Å². The number of hydrogen-bond acceptors (Lipinski definition) is 5. The molecule has 8 heteroatoms. The van der Waals surface area contributed by atoms with Crippen LogP contribution in [0.5, 0.6) is 0 Å². The first kappa shape index (κ1) is 22.4. The lowest BCUT2D eigenvalue weighted by Crippen LogP contribution is -2.37. The maximum absolute atomic E-state index is 5.59. The van der Waals surface area contributed by atoms with Crippen molar-refractivity contribution in [1.29, 1.82) is 0 Å². The second-order valence-corrected chi connectivity index (χ2v) is 7.14. The summed E-state index contributed by atoms with van der Waals surface area (Å²) >= 11 is 1.72. The highest BCUT2D eigenvalue weighted by atomic mass is 127. The Morgan fingerprint density at radius 3 is 2.61 bits per heavy atom. The number of guanidine groups is 1. The molecule has 0 radical (unpaired) electrons. The summed E-state index contributed by atoms with van der Waals surface area (Å²) in [6, 6.07) is 8.13. The number of aliphatic imine (C=N–C) groups is 1. The highest BCUT2D eigenvalue weighted by Gasteiger charge is 2.07. The molecule has 2 N–H and O–H groups in total. The van der Waals surface area contributed by atoms with Gasteiger partial charge in [-0.2, -0.15) is 0 Å². The molecule has 2 aromatic heterocycles. The third kappa shape index (κ3) is 6.30. The fraction of sp³-hybridized carbons (Fsp3) is 0.350. The highest BCUT2D eigenvalue weighted by molar-refractivity contribution is 14.0. The average Bonchev–Trinajstić information content (AvgIpc) is 3.34. The second kappa shape index (κ2) is 11.2. The molecule has 0 aliphatic rings. The molecule has 0 atom stereocenters. The van der Waals surface area contributed by atoms with Crippen LogP contribution in [0.25, 0.3) is 11.5 Å². The third-order valence-electron chi connectivity index (χ3n) is 4.09. The number of hydrogen-bond donors (Lipinski definition) is 2. The number of aryl methyl sites for hydroxylation is 2. The van der Waals surface area contributed by atoms with Crippen molar-refractivity contribution in [2.24, 2.45) is 4.99 Å². The van der Waals surface area contributed by atoms with E-state index < -0.39 is 0 Å². The number of halogens is 1. The molecule has 6 nitrogen and oxygen atoms in total. The third-order valence-corrected chi connectivity index (χ3v) is 5.13. The summed E-state index contributed by atoms with van der Waals surface area (Å²) < 4.78 is 5.59. The highest BCUT2D eigenvalue weighted by Crippen LogP contribution is 2.19. The van der Waals surface area contributed by atoms with Gasteiger partial charge < -0.3 is 15.1 Å². The first-order chi connectivity index (χ1) is 13.2. The Kier molecular flexibility index (Phi) is 8.91. The summed E-state index contributed by atoms with van der Waals surface area (Å²) in [7, 11) is 1.76. The summed E-state index contributed by atoms with van der Waals surface area (Å²) in [5.41, 5.74) is 4.15. The van der Waals surface area contributed by atoms with Gasteiger partial charge in [0.25, 0.3) is 0 Å². The molecule has 0 aliphatic heterocycles. The quantitative estimate of drug-likeness (QED) is 0.283. The van der Waals surface area contributed by atoms with Gasteiger partial charge in [0.1, 0.15) is 6.26 Å². The fourth-order valence-corrected chi connectivity index (χ4v) is 3.33. The zero-order chi connectivity index (χ0) is 19.1. The van der Waals surface area contributed by atoms with E-state index in [9.17, 15) is 0 Å². The molecule has 0 bridgehead atoms. The molecule has 0 amide bonds.